The van der Waals surface area contributed by atoms with Gasteiger partial charge < -0.3 is 58.4 Å². The third-order valence-corrected chi connectivity index (χ3v) is 7.34. The van der Waals surface area contributed by atoms with E-state index < -0.39 is 0 Å². The van der Waals surface area contributed by atoms with E-state index in [1.54, 1.807) is 57.4 Å². The summed E-state index contributed by atoms with van der Waals surface area (Å²) in [7, 11) is 9.43. The van der Waals surface area contributed by atoms with Crippen molar-refractivity contribution in [1.82, 2.24) is 29.7 Å². The molecule has 0 unspecified atom stereocenters. The first-order valence-corrected chi connectivity index (χ1v) is 16.8. The van der Waals surface area contributed by atoms with E-state index in [1.165, 1.54) is 55.4 Å². The molecule has 308 valence electrons. The average Bonchev–Trinajstić information content (AvgIpc) is 3.18. The van der Waals surface area contributed by atoms with Gasteiger partial charge in [-0.15, -0.1) is 0 Å². The van der Waals surface area contributed by atoms with Crippen LogP contribution in [0.15, 0.2) is 55.4 Å². The van der Waals surface area contributed by atoms with Crippen LogP contribution in [-0.4, -0.2) is 184 Å². The Morgan fingerprint density at radius 3 is 0.818 bits per heavy atom. The third-order valence-electron chi connectivity index (χ3n) is 7.34. The predicted octanol–water partition coefficient (Wildman–Crippen LogP) is 1.56. The summed E-state index contributed by atoms with van der Waals surface area (Å²) in [6, 6.07) is 4.47. The summed E-state index contributed by atoms with van der Waals surface area (Å²) in [4.78, 5) is 52.6. The molecule has 0 aliphatic carbocycles. The van der Waals surface area contributed by atoms with Crippen molar-refractivity contribution >= 4 is 17.7 Å². The third kappa shape index (κ3) is 19.1. The first-order valence-electron chi connectivity index (χ1n) is 16.8. The first kappa shape index (κ1) is 50.5. The maximum atomic E-state index is 12.2. The van der Waals surface area contributed by atoms with E-state index in [9.17, 15) is 29.7 Å². The van der Waals surface area contributed by atoms with Gasteiger partial charge >= 0.3 is 0 Å². The number of methoxy groups -OCH3 is 6. The van der Waals surface area contributed by atoms with E-state index in [4.69, 9.17) is 28.4 Å². The van der Waals surface area contributed by atoms with Crippen molar-refractivity contribution in [3.8, 4) is 17.2 Å². The molecule has 0 aromatic carbocycles. The fourth-order valence-corrected chi connectivity index (χ4v) is 4.37. The van der Waals surface area contributed by atoms with Gasteiger partial charge in [-0.25, -0.2) is 0 Å². The number of carbonyl (C=O) groups is 3. The number of nitrogens with zero attached hydrogens (tertiary/aromatic N) is 6. The maximum Gasteiger partial charge on any atom is 0.257 e. The molecule has 0 radical (unpaired) electrons. The smallest absolute Gasteiger partial charge is 0.257 e. The summed E-state index contributed by atoms with van der Waals surface area (Å²) in [6.45, 7) is 5.26. The zero-order chi connectivity index (χ0) is 40.1. The van der Waals surface area contributed by atoms with Crippen molar-refractivity contribution in [2.24, 2.45) is 0 Å². The Kier molecular flexibility index (Phi) is 28.3. The number of ether oxygens (including phenoxy) is 6. The molecule has 3 heterocycles. The molecule has 3 N–H and O–H groups in total. The Labute approximate surface area is 332 Å². The molecule has 3 aromatic heterocycles. The minimum absolute atomic E-state index is 0. The van der Waals surface area contributed by atoms with Gasteiger partial charge in [0.1, 0.15) is 17.2 Å². The molecule has 3 rings (SSSR count). The number of rotatable bonds is 21. The van der Waals surface area contributed by atoms with E-state index in [0.29, 0.717) is 78.9 Å². The molecule has 0 bridgehead atoms. The molecule has 3 amide bonds. The second-order valence-corrected chi connectivity index (χ2v) is 11.0. The van der Waals surface area contributed by atoms with Crippen LogP contribution < -0.4 is 0 Å². The summed E-state index contributed by atoms with van der Waals surface area (Å²) in [5, 5.41) is 28.8. The molecule has 0 saturated heterocycles. The number of hydrogen-bond donors (Lipinski definition) is 3. The molecule has 55 heavy (non-hydrogen) atoms. The van der Waals surface area contributed by atoms with E-state index in [-0.39, 0.29) is 68.7 Å². The number of amides is 3. The summed E-state index contributed by atoms with van der Waals surface area (Å²) in [6.07, 6.45) is 8.15. The predicted molar refractivity (Wildman–Crippen MR) is 197 cm³/mol. The Morgan fingerprint density at radius 1 is 0.455 bits per heavy atom. The molecular formula is C36H54FeN6O12. The second-order valence-electron chi connectivity index (χ2n) is 11.0. The van der Waals surface area contributed by atoms with Crippen LogP contribution in [0.2, 0.25) is 0 Å². The number of aromatic nitrogens is 3. The number of hydrogen-bond acceptors (Lipinski definition) is 15. The van der Waals surface area contributed by atoms with Gasteiger partial charge in [-0.2, -0.15) is 0 Å². The maximum absolute atomic E-state index is 12.2. The van der Waals surface area contributed by atoms with Gasteiger partial charge in [0.15, 0.2) is 0 Å². The fraction of sp³-hybridized carbons (Fsp3) is 0.500. The van der Waals surface area contributed by atoms with Gasteiger partial charge in [0, 0.05) is 118 Å². The molecular weight excluding hydrogens is 764 g/mol. The Bertz CT molecular complexity index is 1310. The summed E-state index contributed by atoms with van der Waals surface area (Å²) >= 11 is 0. The monoisotopic (exact) mass is 818 g/mol. The van der Waals surface area contributed by atoms with Crippen LogP contribution in [0.3, 0.4) is 0 Å². The van der Waals surface area contributed by atoms with E-state index in [1.807, 2.05) is 0 Å². The van der Waals surface area contributed by atoms with Crippen molar-refractivity contribution < 1.29 is 75.2 Å². The molecule has 3 aromatic rings. The first-order chi connectivity index (χ1) is 26.1. The van der Waals surface area contributed by atoms with Crippen LogP contribution >= 0.6 is 0 Å². The molecule has 0 saturated carbocycles. The Balaban J connectivity index is 0.000000788. The minimum Gasteiger partial charge on any atom is -0.505 e. The molecule has 0 fully saturated rings. The zero-order valence-electron chi connectivity index (χ0n) is 32.2. The van der Waals surface area contributed by atoms with Crippen molar-refractivity contribution in [2.45, 2.75) is 0 Å². The Hall–Kier alpha value is -4.46. The van der Waals surface area contributed by atoms with Crippen LogP contribution in [0.4, 0.5) is 0 Å². The number of carbonyl (C=O) groups excluding carboxylic acids is 3. The summed E-state index contributed by atoms with van der Waals surface area (Å²) in [5.74, 6) is -1.15. The largest absolute Gasteiger partial charge is 0.505 e. The topological polar surface area (TPSA) is 216 Å². The molecule has 18 nitrogen and oxygen atoms in total. The molecule has 0 aliphatic rings. The number of pyridine rings is 3. The summed E-state index contributed by atoms with van der Waals surface area (Å²) < 4.78 is 29.8. The Morgan fingerprint density at radius 2 is 0.655 bits per heavy atom. The van der Waals surface area contributed by atoms with Crippen LogP contribution in [-0.2, 0) is 45.5 Å². The summed E-state index contributed by atoms with van der Waals surface area (Å²) in [5.41, 5.74) is 0.701. The van der Waals surface area contributed by atoms with E-state index in [0.717, 1.165) is 0 Å². The van der Waals surface area contributed by atoms with E-state index >= 15 is 0 Å². The van der Waals surface area contributed by atoms with Crippen LogP contribution in [0.25, 0.3) is 0 Å². The standard InChI is InChI=1S/3C12H18N2O4.Fe/c3*1-17-7-5-14(6-8-18-2)12(16)10-3-4-13-9-11(10)15;/h3*3-4,9,15H,5-8H2,1-2H3;. The van der Waals surface area contributed by atoms with Crippen molar-refractivity contribution in [3.63, 3.8) is 0 Å². The normalized spacial score (nSPS) is 10.1. The minimum atomic E-state index is -0.260. The zero-order valence-corrected chi connectivity index (χ0v) is 33.3. The van der Waals surface area contributed by atoms with Gasteiger partial charge in [0.2, 0.25) is 0 Å². The second kappa shape index (κ2) is 30.8. The molecule has 0 aliphatic heterocycles. The van der Waals surface area contributed by atoms with E-state index in [2.05, 4.69) is 15.0 Å². The van der Waals surface area contributed by atoms with Gasteiger partial charge in [0.05, 0.1) is 74.9 Å². The van der Waals surface area contributed by atoms with Crippen LogP contribution in [0.1, 0.15) is 31.1 Å². The molecule has 0 atom stereocenters. The van der Waals surface area contributed by atoms with Crippen molar-refractivity contribution in [1.29, 1.82) is 0 Å². The molecule has 19 heteroatoms. The fourth-order valence-electron chi connectivity index (χ4n) is 4.37. The molecule has 0 spiro atoms. The van der Waals surface area contributed by atoms with Gasteiger partial charge in [-0.1, -0.05) is 0 Å². The quantitative estimate of drug-likeness (QED) is 0.130. The van der Waals surface area contributed by atoms with Gasteiger partial charge in [-0.05, 0) is 18.2 Å². The van der Waals surface area contributed by atoms with Crippen molar-refractivity contribution in [2.75, 3.05) is 122 Å². The van der Waals surface area contributed by atoms with Crippen molar-refractivity contribution in [3.05, 3.63) is 72.1 Å². The van der Waals surface area contributed by atoms with Crippen LogP contribution in [0.5, 0.6) is 17.2 Å². The van der Waals surface area contributed by atoms with Gasteiger partial charge in [0.25, 0.3) is 17.7 Å². The van der Waals surface area contributed by atoms with Crippen LogP contribution in [0, 0.1) is 0 Å². The van der Waals surface area contributed by atoms with Gasteiger partial charge in [-0.3, -0.25) is 29.3 Å². The average molecular weight is 819 g/mol. The number of aromatic hydroxyl groups is 3. The SMILES string of the molecule is COCCN(CCOC)C(=O)c1ccncc1O.COCCN(CCOC)C(=O)c1ccncc1O.COCCN(CCOC)C(=O)c1ccncc1O.[Fe].